The Balaban J connectivity index is 1.92. The highest BCUT2D eigenvalue weighted by atomic mass is 79.9. The second-order valence-electron chi connectivity index (χ2n) is 4.92. The van der Waals surface area contributed by atoms with Crippen molar-refractivity contribution in [3.05, 3.63) is 22.1 Å². The van der Waals surface area contributed by atoms with Gasteiger partial charge in [0.25, 0.3) is 0 Å². The summed E-state index contributed by atoms with van der Waals surface area (Å²) in [5.74, 6) is 1.09. The maximum atomic E-state index is 5.86. The maximum Gasteiger partial charge on any atom is 0.197 e. The first-order valence-electron chi connectivity index (χ1n) is 6.67. The molecule has 20 heavy (non-hydrogen) atoms. The Morgan fingerprint density at radius 1 is 1.30 bits per heavy atom. The number of nitrogens with zero attached hydrogens (tertiary/aromatic N) is 4. The van der Waals surface area contributed by atoms with Crippen LogP contribution in [-0.2, 0) is 13.0 Å². The van der Waals surface area contributed by atoms with Gasteiger partial charge in [-0.15, -0.1) is 10.2 Å². The Bertz CT molecular complexity index is 640. The topological polar surface area (TPSA) is 69.6 Å². The van der Waals surface area contributed by atoms with Gasteiger partial charge in [0.2, 0.25) is 0 Å². The molecule has 1 aliphatic heterocycles. The zero-order valence-corrected chi connectivity index (χ0v) is 13.7. The van der Waals surface area contributed by atoms with E-state index in [4.69, 9.17) is 5.73 Å². The average Bonchev–Trinajstić information content (AvgIpc) is 2.68. The van der Waals surface area contributed by atoms with Gasteiger partial charge in [-0.2, -0.15) is 0 Å². The van der Waals surface area contributed by atoms with Crippen LogP contribution in [0.5, 0.6) is 0 Å². The van der Waals surface area contributed by atoms with Gasteiger partial charge in [-0.25, -0.2) is 4.98 Å². The number of anilines is 1. The van der Waals surface area contributed by atoms with Crippen LogP contribution in [0.3, 0.4) is 0 Å². The van der Waals surface area contributed by atoms with Crippen molar-refractivity contribution in [3.63, 3.8) is 0 Å². The van der Waals surface area contributed by atoms with Gasteiger partial charge in [-0.05, 0) is 53.0 Å². The summed E-state index contributed by atoms with van der Waals surface area (Å²) in [6.07, 6.45) is 6.36. The predicted octanol–water partition coefficient (Wildman–Crippen LogP) is 3.20. The zero-order chi connectivity index (χ0) is 14.1. The number of hydrogen-bond donors (Lipinski definition) is 1. The first-order valence-corrected chi connectivity index (χ1v) is 8.28. The summed E-state index contributed by atoms with van der Waals surface area (Å²) in [4.78, 5) is 4.40. The van der Waals surface area contributed by atoms with Gasteiger partial charge in [0.05, 0.1) is 16.4 Å². The number of halogens is 1. The van der Waals surface area contributed by atoms with E-state index in [1.807, 2.05) is 6.92 Å². The molecule has 0 saturated carbocycles. The van der Waals surface area contributed by atoms with E-state index >= 15 is 0 Å². The number of pyridine rings is 1. The van der Waals surface area contributed by atoms with Crippen LogP contribution in [-0.4, -0.2) is 19.7 Å². The van der Waals surface area contributed by atoms with E-state index in [-0.39, 0.29) is 0 Å². The number of rotatable bonds is 2. The smallest absolute Gasteiger partial charge is 0.197 e. The summed E-state index contributed by atoms with van der Waals surface area (Å²) in [6.45, 7) is 2.98. The maximum absolute atomic E-state index is 5.86. The van der Waals surface area contributed by atoms with Crippen LogP contribution in [0.25, 0.3) is 0 Å². The zero-order valence-electron chi connectivity index (χ0n) is 11.3. The van der Waals surface area contributed by atoms with Crippen LogP contribution in [0.4, 0.5) is 5.69 Å². The first-order chi connectivity index (χ1) is 9.66. The predicted molar refractivity (Wildman–Crippen MR) is 82.8 cm³/mol. The third kappa shape index (κ3) is 2.56. The highest BCUT2D eigenvalue weighted by Crippen LogP contribution is 2.35. The molecule has 2 aromatic rings. The number of aryl methyl sites for hydroxylation is 1. The molecule has 7 heteroatoms. The Hall–Kier alpha value is -1.08. The molecule has 0 spiro atoms. The van der Waals surface area contributed by atoms with Gasteiger partial charge >= 0.3 is 0 Å². The van der Waals surface area contributed by atoms with Crippen LogP contribution in [0.15, 0.2) is 20.9 Å². The van der Waals surface area contributed by atoms with Gasteiger partial charge < -0.3 is 10.3 Å². The van der Waals surface area contributed by atoms with Gasteiger partial charge in [-0.1, -0.05) is 6.42 Å². The second kappa shape index (κ2) is 5.73. The van der Waals surface area contributed by atoms with Crippen LogP contribution in [0.2, 0.25) is 0 Å². The molecule has 0 amide bonds. The van der Waals surface area contributed by atoms with Crippen molar-refractivity contribution in [3.8, 4) is 0 Å². The molecule has 5 nitrogen and oxygen atoms in total. The second-order valence-corrected chi connectivity index (χ2v) is 6.67. The lowest BCUT2D eigenvalue weighted by Gasteiger charge is -2.09. The highest BCUT2D eigenvalue weighted by molar-refractivity contribution is 9.10. The Morgan fingerprint density at radius 3 is 3.00 bits per heavy atom. The molecule has 3 rings (SSSR count). The van der Waals surface area contributed by atoms with E-state index in [1.54, 1.807) is 18.0 Å². The van der Waals surface area contributed by atoms with Gasteiger partial charge in [0.15, 0.2) is 5.16 Å². The van der Waals surface area contributed by atoms with Crippen molar-refractivity contribution in [2.75, 3.05) is 5.73 Å². The van der Waals surface area contributed by atoms with Crippen molar-refractivity contribution in [1.29, 1.82) is 0 Å². The molecule has 2 aromatic heterocycles. The molecular weight excluding hydrogens is 338 g/mol. The molecule has 0 aromatic carbocycles. The van der Waals surface area contributed by atoms with E-state index in [9.17, 15) is 0 Å². The van der Waals surface area contributed by atoms with Crippen molar-refractivity contribution in [2.45, 2.75) is 49.3 Å². The van der Waals surface area contributed by atoms with Gasteiger partial charge in [-0.3, -0.25) is 0 Å². The van der Waals surface area contributed by atoms with Crippen molar-refractivity contribution < 1.29 is 0 Å². The Kier molecular flexibility index (Phi) is 3.98. The fourth-order valence-corrected chi connectivity index (χ4v) is 3.74. The fraction of sp³-hybridized carbons (Fsp3) is 0.462. The van der Waals surface area contributed by atoms with Crippen molar-refractivity contribution >= 4 is 33.4 Å². The molecule has 0 saturated heterocycles. The van der Waals surface area contributed by atoms with Crippen LogP contribution in [0.1, 0.15) is 30.7 Å². The minimum atomic E-state index is 0.696. The molecule has 3 heterocycles. The number of nitrogens with two attached hydrogens (primary N) is 1. The summed E-state index contributed by atoms with van der Waals surface area (Å²) in [5.41, 5.74) is 7.57. The minimum Gasteiger partial charge on any atom is -0.397 e. The van der Waals surface area contributed by atoms with Crippen LogP contribution < -0.4 is 5.73 Å². The van der Waals surface area contributed by atoms with E-state index in [0.717, 1.165) is 39.0 Å². The van der Waals surface area contributed by atoms with Gasteiger partial charge in [0.1, 0.15) is 10.9 Å². The van der Waals surface area contributed by atoms with E-state index < -0.39 is 0 Å². The lowest BCUT2D eigenvalue weighted by molar-refractivity contribution is 0.590. The van der Waals surface area contributed by atoms with E-state index in [2.05, 4.69) is 35.7 Å². The molecule has 0 aliphatic carbocycles. The quantitative estimate of drug-likeness (QED) is 0.897. The molecule has 1 aliphatic rings. The highest BCUT2D eigenvalue weighted by Gasteiger charge is 2.18. The number of aromatic nitrogens is 4. The number of hydrogen-bond acceptors (Lipinski definition) is 5. The lowest BCUT2D eigenvalue weighted by Crippen LogP contribution is -2.02. The summed E-state index contributed by atoms with van der Waals surface area (Å²) in [6, 6.07) is 0. The number of fused-ring (bicyclic) bond motifs is 1. The molecule has 0 bridgehead atoms. The summed E-state index contributed by atoms with van der Waals surface area (Å²) in [5, 5.41) is 10.4. The third-order valence-electron chi connectivity index (χ3n) is 3.53. The lowest BCUT2D eigenvalue weighted by atomic mass is 10.2. The summed E-state index contributed by atoms with van der Waals surface area (Å²) < 4.78 is 3.16. The van der Waals surface area contributed by atoms with Crippen LogP contribution in [0, 0.1) is 6.92 Å². The molecule has 106 valence electrons. The fourth-order valence-electron chi connectivity index (χ4n) is 2.26. The Labute approximate surface area is 130 Å². The standard InChI is InChI=1S/C13H16BrN5S/c1-8-9(15)7-16-12(11(8)14)20-13-18-17-10-5-3-2-4-6-19(10)13/h7H,2-6,15H2,1H3. The number of nitrogen functional groups attached to an aromatic ring is 1. The van der Waals surface area contributed by atoms with Crippen molar-refractivity contribution in [1.82, 2.24) is 19.7 Å². The molecule has 2 N–H and O–H groups in total. The SMILES string of the molecule is Cc1c(N)cnc(Sc2nnc3n2CCCCC3)c1Br. The van der Waals surface area contributed by atoms with E-state index in [0.29, 0.717) is 5.69 Å². The largest absolute Gasteiger partial charge is 0.397 e. The third-order valence-corrected chi connectivity index (χ3v) is 5.75. The van der Waals surface area contributed by atoms with Gasteiger partial charge in [0, 0.05) is 13.0 Å². The Morgan fingerprint density at radius 2 is 2.15 bits per heavy atom. The average molecular weight is 354 g/mol. The molecule has 0 radical (unpaired) electrons. The first kappa shape index (κ1) is 13.9. The molecule has 0 unspecified atom stereocenters. The van der Waals surface area contributed by atoms with Crippen LogP contribution >= 0.6 is 27.7 Å². The molecule has 0 atom stereocenters. The molecule has 0 fully saturated rings. The molecular formula is C13H16BrN5S. The summed E-state index contributed by atoms with van der Waals surface area (Å²) >= 11 is 5.11. The normalized spacial score (nSPS) is 14.9. The van der Waals surface area contributed by atoms with E-state index in [1.165, 1.54) is 19.3 Å². The monoisotopic (exact) mass is 353 g/mol. The minimum absolute atomic E-state index is 0.696. The summed E-state index contributed by atoms with van der Waals surface area (Å²) in [7, 11) is 0. The van der Waals surface area contributed by atoms with Crippen molar-refractivity contribution in [2.24, 2.45) is 0 Å².